The van der Waals surface area contributed by atoms with Gasteiger partial charge in [-0.25, -0.2) is 0 Å². The molecule has 0 bridgehead atoms. The van der Waals surface area contributed by atoms with Crippen LogP contribution in [0.25, 0.3) is 0 Å². The number of morpholine rings is 1. The summed E-state index contributed by atoms with van der Waals surface area (Å²) in [5.41, 5.74) is 1.03. The molecule has 6 heteroatoms. The van der Waals surface area contributed by atoms with Crippen molar-refractivity contribution in [3.63, 3.8) is 0 Å². The standard InChI is InChI=1S/C15H19N3O2Se/c1-12(19)14-16-18(13-6-4-3-5-7-13)15(2,21-14)17-8-10-20-11-9-17/h3-7H,8-11H2,1-2H3. The average molecular weight is 352 g/mol. The molecule has 2 aliphatic rings. The molecule has 2 aliphatic heterocycles. The first-order valence-electron chi connectivity index (χ1n) is 7.08. The summed E-state index contributed by atoms with van der Waals surface area (Å²) in [5, 5.41) is 6.65. The Morgan fingerprint density at radius 2 is 1.95 bits per heavy atom. The molecule has 21 heavy (non-hydrogen) atoms. The van der Waals surface area contributed by atoms with Crippen LogP contribution in [0.15, 0.2) is 35.4 Å². The Bertz CT molecular complexity index is 557. The van der Waals surface area contributed by atoms with Gasteiger partial charge in [-0.1, -0.05) is 0 Å². The molecule has 1 fully saturated rings. The van der Waals surface area contributed by atoms with Crippen molar-refractivity contribution in [1.82, 2.24) is 4.90 Å². The van der Waals surface area contributed by atoms with E-state index in [0.717, 1.165) is 32.0 Å². The van der Waals surface area contributed by atoms with Gasteiger partial charge >= 0.3 is 131 Å². The monoisotopic (exact) mass is 353 g/mol. The molecule has 0 aromatic heterocycles. The van der Waals surface area contributed by atoms with Crippen molar-refractivity contribution in [2.45, 2.75) is 18.4 Å². The molecule has 2 heterocycles. The van der Waals surface area contributed by atoms with E-state index < -0.39 is 0 Å². The molecular weight excluding hydrogens is 333 g/mol. The molecule has 1 unspecified atom stereocenters. The molecule has 0 radical (unpaired) electrons. The van der Waals surface area contributed by atoms with E-state index in [9.17, 15) is 4.79 Å². The number of para-hydroxylation sites is 1. The number of hydrogen-bond donors (Lipinski definition) is 0. The van der Waals surface area contributed by atoms with Gasteiger partial charge in [0.15, 0.2) is 0 Å². The number of benzene rings is 1. The van der Waals surface area contributed by atoms with Crippen molar-refractivity contribution in [3.8, 4) is 0 Å². The van der Waals surface area contributed by atoms with Crippen LogP contribution in [0.3, 0.4) is 0 Å². The van der Waals surface area contributed by atoms with E-state index in [2.05, 4.69) is 16.9 Å². The Morgan fingerprint density at radius 1 is 1.29 bits per heavy atom. The van der Waals surface area contributed by atoms with Gasteiger partial charge in [-0.3, -0.25) is 0 Å². The van der Waals surface area contributed by atoms with Crippen LogP contribution in [0, 0.1) is 0 Å². The number of hydrazone groups is 1. The summed E-state index contributed by atoms with van der Waals surface area (Å²) in [4.78, 5) is 14.2. The minimum absolute atomic E-state index is 0.00792. The predicted molar refractivity (Wildman–Crippen MR) is 83.6 cm³/mol. The molecule has 112 valence electrons. The van der Waals surface area contributed by atoms with Crippen molar-refractivity contribution in [3.05, 3.63) is 30.3 Å². The van der Waals surface area contributed by atoms with Gasteiger partial charge in [-0.2, -0.15) is 0 Å². The van der Waals surface area contributed by atoms with Gasteiger partial charge in [-0.15, -0.1) is 0 Å². The van der Waals surface area contributed by atoms with E-state index >= 15 is 0 Å². The van der Waals surface area contributed by atoms with Gasteiger partial charge < -0.3 is 0 Å². The Balaban J connectivity index is 1.96. The molecule has 0 N–H and O–H groups in total. The van der Waals surface area contributed by atoms with Crippen LogP contribution in [0.2, 0.25) is 0 Å². The summed E-state index contributed by atoms with van der Waals surface area (Å²) in [6.45, 7) is 7.03. The SMILES string of the molecule is CC(=O)C1=NN(c2ccccc2)C(C)(N2CCOCC2)[Se]1. The fourth-order valence-corrected chi connectivity index (χ4v) is 5.09. The number of ketones is 1. The quantitative estimate of drug-likeness (QED) is 0.765. The van der Waals surface area contributed by atoms with Crippen molar-refractivity contribution in [2.24, 2.45) is 5.10 Å². The van der Waals surface area contributed by atoms with Gasteiger partial charge in [-0.05, 0) is 0 Å². The normalized spacial score (nSPS) is 26.8. The van der Waals surface area contributed by atoms with Crippen molar-refractivity contribution in [2.75, 3.05) is 31.3 Å². The summed E-state index contributed by atoms with van der Waals surface area (Å²) in [7, 11) is 0. The summed E-state index contributed by atoms with van der Waals surface area (Å²) in [5.74, 6) is 0.0768. The third kappa shape index (κ3) is 2.77. The van der Waals surface area contributed by atoms with Crippen LogP contribution < -0.4 is 5.01 Å². The van der Waals surface area contributed by atoms with Gasteiger partial charge in [0.05, 0.1) is 0 Å². The zero-order chi connectivity index (χ0) is 14.9. The van der Waals surface area contributed by atoms with Crippen LogP contribution >= 0.6 is 0 Å². The molecule has 0 aliphatic carbocycles. The van der Waals surface area contributed by atoms with Gasteiger partial charge in [0.25, 0.3) is 0 Å². The first-order valence-corrected chi connectivity index (χ1v) is 8.79. The Morgan fingerprint density at radius 3 is 2.57 bits per heavy atom. The molecule has 0 amide bonds. The van der Waals surface area contributed by atoms with E-state index in [0.29, 0.717) is 4.61 Å². The van der Waals surface area contributed by atoms with Crippen molar-refractivity contribution >= 4 is 31.0 Å². The predicted octanol–water partition coefficient (Wildman–Crippen LogP) is 1.12. The first kappa shape index (κ1) is 14.7. The third-order valence-electron chi connectivity index (χ3n) is 3.77. The van der Waals surface area contributed by atoms with E-state index in [1.165, 1.54) is 0 Å². The maximum absolute atomic E-state index is 11.8. The van der Waals surface area contributed by atoms with Crippen LogP contribution in [0.4, 0.5) is 5.69 Å². The molecule has 1 saturated heterocycles. The molecular formula is C15H19N3O2Se. The minimum atomic E-state index is -0.237. The van der Waals surface area contributed by atoms with Gasteiger partial charge in [0.1, 0.15) is 0 Å². The summed E-state index contributed by atoms with van der Waals surface area (Å²) in [6.07, 6.45) is 0. The Hall–Kier alpha value is -1.20. The number of nitrogens with zero attached hydrogens (tertiary/aromatic N) is 3. The zero-order valence-corrected chi connectivity index (χ0v) is 14.0. The topological polar surface area (TPSA) is 45.1 Å². The number of hydrogen-bond acceptors (Lipinski definition) is 5. The summed E-state index contributed by atoms with van der Waals surface area (Å²) >= 11 is -0.00792. The van der Waals surface area contributed by atoms with Gasteiger partial charge in [0.2, 0.25) is 0 Å². The van der Waals surface area contributed by atoms with E-state index in [1.54, 1.807) is 6.92 Å². The second kappa shape index (κ2) is 5.89. The summed E-state index contributed by atoms with van der Waals surface area (Å²) in [6, 6.07) is 10.1. The molecule has 1 aromatic carbocycles. The second-order valence-corrected chi connectivity index (χ2v) is 8.11. The number of Topliss-reactive ketones (excluding diaryl/α,β-unsaturated/α-hetero) is 1. The zero-order valence-electron chi connectivity index (χ0n) is 12.3. The van der Waals surface area contributed by atoms with Crippen LogP contribution in [0.5, 0.6) is 0 Å². The van der Waals surface area contributed by atoms with Crippen molar-refractivity contribution < 1.29 is 9.53 Å². The van der Waals surface area contributed by atoms with Crippen LogP contribution in [0.1, 0.15) is 13.8 Å². The molecule has 0 spiro atoms. The van der Waals surface area contributed by atoms with E-state index in [4.69, 9.17) is 4.74 Å². The Kier molecular flexibility index (Phi) is 4.13. The second-order valence-electron chi connectivity index (χ2n) is 5.24. The van der Waals surface area contributed by atoms with E-state index in [1.807, 2.05) is 35.3 Å². The number of anilines is 1. The fraction of sp³-hybridized carbons (Fsp3) is 0.467. The van der Waals surface area contributed by atoms with Crippen molar-refractivity contribution in [1.29, 1.82) is 0 Å². The number of rotatable bonds is 3. The Labute approximate surface area is 131 Å². The summed E-state index contributed by atoms with van der Waals surface area (Å²) < 4.78 is 5.93. The third-order valence-corrected chi connectivity index (χ3v) is 6.67. The van der Waals surface area contributed by atoms with Crippen LogP contribution in [-0.2, 0) is 9.53 Å². The average Bonchev–Trinajstić information content (AvgIpc) is 2.89. The molecule has 0 saturated carbocycles. The van der Waals surface area contributed by atoms with Crippen LogP contribution in [-0.4, -0.2) is 61.1 Å². The maximum atomic E-state index is 11.8. The molecule has 5 nitrogen and oxygen atoms in total. The molecule has 3 rings (SSSR count). The number of carbonyl (C=O) groups excluding carboxylic acids is 1. The first-order chi connectivity index (χ1) is 10.1. The number of ether oxygens (including phenoxy) is 1. The number of carbonyl (C=O) groups is 1. The molecule has 1 atom stereocenters. The van der Waals surface area contributed by atoms with Gasteiger partial charge in [0, 0.05) is 0 Å². The molecule has 1 aromatic rings. The van der Waals surface area contributed by atoms with E-state index in [-0.39, 0.29) is 25.3 Å². The fourth-order valence-electron chi connectivity index (χ4n) is 2.62.